The van der Waals surface area contributed by atoms with Crippen molar-refractivity contribution in [3.8, 4) is 0 Å². The Kier molecular flexibility index (Phi) is 4.11. The number of carbonyl (C=O) groups excluding carboxylic acids is 2. The fourth-order valence-electron chi connectivity index (χ4n) is 2.54. The second kappa shape index (κ2) is 6.09. The SMILES string of the molecule is CS(=O)(=O)c1ccc(NC(=O)C[C@H]2OC(=O)c3ccccc32)cc1. The minimum atomic E-state index is -3.28. The summed E-state index contributed by atoms with van der Waals surface area (Å²) < 4.78 is 28.0. The van der Waals surface area contributed by atoms with E-state index in [0.717, 1.165) is 6.26 Å². The van der Waals surface area contributed by atoms with Gasteiger partial charge >= 0.3 is 5.97 Å². The molecule has 0 aromatic heterocycles. The molecule has 6 nitrogen and oxygen atoms in total. The van der Waals surface area contributed by atoms with Gasteiger partial charge in [0.1, 0.15) is 6.10 Å². The number of rotatable bonds is 4. The topological polar surface area (TPSA) is 89.5 Å². The molecule has 0 spiro atoms. The highest BCUT2D eigenvalue weighted by molar-refractivity contribution is 7.90. The van der Waals surface area contributed by atoms with Gasteiger partial charge in [0.15, 0.2) is 9.84 Å². The third-order valence-electron chi connectivity index (χ3n) is 3.71. The van der Waals surface area contributed by atoms with Crippen LogP contribution < -0.4 is 5.32 Å². The van der Waals surface area contributed by atoms with Crippen LogP contribution >= 0.6 is 0 Å². The van der Waals surface area contributed by atoms with Crippen molar-refractivity contribution in [2.24, 2.45) is 0 Å². The highest BCUT2D eigenvalue weighted by Gasteiger charge is 2.31. The molecule has 0 radical (unpaired) electrons. The standard InChI is InChI=1S/C17H15NO5S/c1-24(21,22)12-8-6-11(7-9-12)18-16(19)10-15-13-4-2-3-5-14(13)17(20)23-15/h2-9,15H,10H2,1H3,(H,18,19)/t15-/m1/s1. The largest absolute Gasteiger partial charge is 0.453 e. The average molecular weight is 345 g/mol. The number of benzene rings is 2. The number of fused-ring (bicyclic) bond motifs is 1. The van der Waals surface area contributed by atoms with Crippen molar-refractivity contribution in [1.29, 1.82) is 0 Å². The van der Waals surface area contributed by atoms with Gasteiger partial charge in [-0.2, -0.15) is 0 Å². The number of ether oxygens (including phenoxy) is 1. The summed E-state index contributed by atoms with van der Waals surface area (Å²) in [7, 11) is -3.28. The van der Waals surface area contributed by atoms with Crippen LogP contribution in [0, 0.1) is 0 Å². The number of carbonyl (C=O) groups is 2. The lowest BCUT2D eigenvalue weighted by Gasteiger charge is -2.11. The summed E-state index contributed by atoms with van der Waals surface area (Å²) >= 11 is 0. The van der Waals surface area contributed by atoms with Crippen molar-refractivity contribution in [3.05, 3.63) is 59.7 Å². The molecule has 2 aromatic carbocycles. The zero-order chi connectivity index (χ0) is 17.3. The molecule has 2 aromatic rings. The van der Waals surface area contributed by atoms with Crippen LogP contribution in [0.2, 0.25) is 0 Å². The van der Waals surface area contributed by atoms with Crippen molar-refractivity contribution in [3.63, 3.8) is 0 Å². The van der Waals surface area contributed by atoms with Gasteiger partial charge in [0.05, 0.1) is 16.9 Å². The van der Waals surface area contributed by atoms with Gasteiger partial charge in [-0.15, -0.1) is 0 Å². The molecule has 124 valence electrons. The van der Waals surface area contributed by atoms with E-state index in [0.29, 0.717) is 16.8 Å². The van der Waals surface area contributed by atoms with Crippen LogP contribution in [0.3, 0.4) is 0 Å². The Morgan fingerprint density at radius 1 is 1.12 bits per heavy atom. The van der Waals surface area contributed by atoms with Crippen LogP contribution in [-0.2, 0) is 19.4 Å². The monoisotopic (exact) mass is 345 g/mol. The lowest BCUT2D eigenvalue weighted by atomic mass is 10.0. The van der Waals surface area contributed by atoms with Gasteiger partial charge in [-0.3, -0.25) is 4.79 Å². The first-order chi connectivity index (χ1) is 11.3. The zero-order valence-corrected chi connectivity index (χ0v) is 13.7. The third-order valence-corrected chi connectivity index (χ3v) is 4.84. The van der Waals surface area contributed by atoms with Crippen molar-refractivity contribution in [2.75, 3.05) is 11.6 Å². The second-order valence-electron chi connectivity index (χ2n) is 5.53. The van der Waals surface area contributed by atoms with Gasteiger partial charge in [0, 0.05) is 17.5 Å². The van der Waals surface area contributed by atoms with E-state index < -0.39 is 21.9 Å². The van der Waals surface area contributed by atoms with Gasteiger partial charge < -0.3 is 10.1 Å². The predicted octanol–water partition coefficient (Wildman–Crippen LogP) is 2.33. The Labute approximate surface area is 139 Å². The Morgan fingerprint density at radius 2 is 1.79 bits per heavy atom. The van der Waals surface area contributed by atoms with Crippen molar-refractivity contribution >= 4 is 27.4 Å². The molecular formula is C17H15NO5S. The normalized spacial score (nSPS) is 16.4. The molecule has 0 bridgehead atoms. The number of nitrogens with one attached hydrogen (secondary N) is 1. The van der Waals surface area contributed by atoms with Gasteiger partial charge in [0.25, 0.3) is 0 Å². The molecule has 0 aliphatic carbocycles. The van der Waals surface area contributed by atoms with Crippen molar-refractivity contribution in [2.45, 2.75) is 17.4 Å². The molecule has 7 heteroatoms. The van der Waals surface area contributed by atoms with Crippen LogP contribution in [0.25, 0.3) is 0 Å². The summed E-state index contributed by atoms with van der Waals surface area (Å²) in [5.41, 5.74) is 1.66. The molecule has 0 unspecified atom stereocenters. The van der Waals surface area contributed by atoms with Gasteiger partial charge in [-0.1, -0.05) is 18.2 Å². The average Bonchev–Trinajstić information content (AvgIpc) is 2.83. The van der Waals surface area contributed by atoms with E-state index in [-0.39, 0.29) is 17.2 Å². The summed E-state index contributed by atoms with van der Waals surface area (Å²) in [4.78, 5) is 24.1. The van der Waals surface area contributed by atoms with Crippen molar-refractivity contribution < 1.29 is 22.7 Å². The Balaban J connectivity index is 1.68. The molecule has 3 rings (SSSR count). The number of cyclic esters (lactones) is 1. The summed E-state index contributed by atoms with van der Waals surface area (Å²) in [6.07, 6.45) is 0.507. The third kappa shape index (κ3) is 3.30. The number of amides is 1. The number of hydrogen-bond donors (Lipinski definition) is 1. The highest BCUT2D eigenvalue weighted by atomic mass is 32.2. The van der Waals surface area contributed by atoms with Crippen LogP contribution in [0.5, 0.6) is 0 Å². The van der Waals surface area contributed by atoms with Gasteiger partial charge in [-0.25, -0.2) is 13.2 Å². The summed E-state index contributed by atoms with van der Waals surface area (Å²) in [5, 5.41) is 2.67. The first kappa shape index (κ1) is 16.2. The molecule has 0 fully saturated rings. The van der Waals surface area contributed by atoms with Crippen LogP contribution in [-0.4, -0.2) is 26.6 Å². The molecule has 1 aliphatic rings. The maximum Gasteiger partial charge on any atom is 0.339 e. The highest BCUT2D eigenvalue weighted by Crippen LogP contribution is 2.32. The quantitative estimate of drug-likeness (QED) is 0.859. The van der Waals surface area contributed by atoms with E-state index in [9.17, 15) is 18.0 Å². The number of sulfone groups is 1. The first-order valence-corrected chi connectivity index (χ1v) is 9.13. The minimum Gasteiger partial charge on any atom is -0.453 e. The van der Waals surface area contributed by atoms with E-state index in [1.807, 2.05) is 0 Å². The van der Waals surface area contributed by atoms with E-state index in [1.165, 1.54) is 24.3 Å². The van der Waals surface area contributed by atoms with Crippen LogP contribution in [0.4, 0.5) is 5.69 Å². The summed E-state index contributed by atoms with van der Waals surface area (Å²) in [6, 6.07) is 12.8. The van der Waals surface area contributed by atoms with E-state index in [2.05, 4.69) is 5.32 Å². The Bertz CT molecular complexity index is 903. The molecule has 1 N–H and O–H groups in total. The molecular weight excluding hydrogens is 330 g/mol. The summed E-state index contributed by atoms with van der Waals surface area (Å²) in [6.45, 7) is 0. The molecule has 24 heavy (non-hydrogen) atoms. The Hall–Kier alpha value is -2.67. The molecule has 0 saturated heterocycles. The maximum atomic E-state index is 12.1. The van der Waals surface area contributed by atoms with E-state index in [4.69, 9.17) is 4.74 Å². The lowest BCUT2D eigenvalue weighted by molar-refractivity contribution is -0.118. The molecule has 0 saturated carbocycles. The molecule has 1 heterocycles. The van der Waals surface area contributed by atoms with Crippen LogP contribution in [0.15, 0.2) is 53.4 Å². The second-order valence-corrected chi connectivity index (χ2v) is 7.55. The first-order valence-electron chi connectivity index (χ1n) is 7.24. The smallest absolute Gasteiger partial charge is 0.339 e. The fourth-order valence-corrected chi connectivity index (χ4v) is 3.17. The summed E-state index contributed by atoms with van der Waals surface area (Å²) in [5.74, 6) is -0.752. The Morgan fingerprint density at radius 3 is 2.46 bits per heavy atom. The predicted molar refractivity (Wildman–Crippen MR) is 87.4 cm³/mol. The number of esters is 1. The number of anilines is 1. The lowest BCUT2D eigenvalue weighted by Crippen LogP contribution is -2.15. The van der Waals surface area contributed by atoms with Gasteiger partial charge in [0.2, 0.25) is 5.91 Å². The molecule has 1 amide bonds. The zero-order valence-electron chi connectivity index (χ0n) is 12.9. The van der Waals surface area contributed by atoms with E-state index in [1.54, 1.807) is 24.3 Å². The van der Waals surface area contributed by atoms with Crippen molar-refractivity contribution in [1.82, 2.24) is 0 Å². The maximum absolute atomic E-state index is 12.1. The van der Waals surface area contributed by atoms with E-state index >= 15 is 0 Å². The molecule has 1 atom stereocenters. The van der Waals surface area contributed by atoms with Gasteiger partial charge in [-0.05, 0) is 30.3 Å². The van der Waals surface area contributed by atoms with Crippen LogP contribution in [0.1, 0.15) is 28.4 Å². The minimum absolute atomic E-state index is 0.00339. The number of hydrogen-bond acceptors (Lipinski definition) is 5. The molecule has 1 aliphatic heterocycles. The fraction of sp³-hybridized carbons (Fsp3) is 0.176.